The largest absolute Gasteiger partial charge is 0.481 e. The quantitative estimate of drug-likeness (QED) is 0.535. The van der Waals surface area contributed by atoms with E-state index in [1.54, 1.807) is 0 Å². The van der Waals surface area contributed by atoms with Crippen LogP contribution in [0.2, 0.25) is 0 Å². The number of carbonyl (C=O) groups excluding carboxylic acids is 1. The van der Waals surface area contributed by atoms with Gasteiger partial charge in [-0.05, 0) is 25.2 Å². The molecule has 4 N–H and O–H groups in total. The van der Waals surface area contributed by atoms with E-state index in [2.05, 4.69) is 12.2 Å². The third kappa shape index (κ3) is 9.47. The lowest BCUT2D eigenvalue weighted by Crippen LogP contribution is -2.41. The van der Waals surface area contributed by atoms with E-state index >= 15 is 0 Å². The minimum Gasteiger partial charge on any atom is -0.481 e. The predicted octanol–water partition coefficient (Wildman–Crippen LogP) is 1.90. The maximum absolute atomic E-state index is 11.7. The average molecular weight is 272 g/mol. The molecule has 0 aromatic rings. The van der Waals surface area contributed by atoms with Crippen LogP contribution in [0.3, 0.4) is 0 Å². The SMILES string of the molecule is CCCCC(N)C(=O)NCCC(CC)CCC(=O)O. The van der Waals surface area contributed by atoms with Crippen molar-refractivity contribution in [3.8, 4) is 0 Å². The van der Waals surface area contributed by atoms with Gasteiger partial charge in [-0.15, -0.1) is 0 Å². The number of unbranched alkanes of at least 4 members (excludes halogenated alkanes) is 1. The fourth-order valence-corrected chi connectivity index (χ4v) is 1.97. The van der Waals surface area contributed by atoms with Crippen molar-refractivity contribution < 1.29 is 14.7 Å². The van der Waals surface area contributed by atoms with Crippen molar-refractivity contribution in [2.75, 3.05) is 6.54 Å². The Kier molecular flexibility index (Phi) is 10.2. The van der Waals surface area contributed by atoms with Crippen LogP contribution in [-0.4, -0.2) is 29.6 Å². The lowest BCUT2D eigenvalue weighted by atomic mass is 9.96. The van der Waals surface area contributed by atoms with Crippen molar-refractivity contribution in [2.24, 2.45) is 11.7 Å². The summed E-state index contributed by atoms with van der Waals surface area (Å²) < 4.78 is 0. The summed E-state index contributed by atoms with van der Waals surface area (Å²) in [6, 6.07) is -0.418. The molecule has 0 rings (SSSR count). The summed E-state index contributed by atoms with van der Waals surface area (Å²) in [5.74, 6) is -0.506. The van der Waals surface area contributed by atoms with Crippen molar-refractivity contribution in [2.45, 2.75) is 64.8 Å². The number of rotatable bonds is 11. The number of hydrogen-bond donors (Lipinski definition) is 3. The molecule has 112 valence electrons. The molecule has 0 spiro atoms. The van der Waals surface area contributed by atoms with E-state index in [4.69, 9.17) is 10.8 Å². The zero-order chi connectivity index (χ0) is 14.7. The van der Waals surface area contributed by atoms with Gasteiger partial charge in [0.05, 0.1) is 6.04 Å². The highest BCUT2D eigenvalue weighted by molar-refractivity contribution is 5.81. The Bertz CT molecular complexity index is 269. The number of amides is 1. The maximum atomic E-state index is 11.7. The Hall–Kier alpha value is -1.10. The van der Waals surface area contributed by atoms with Gasteiger partial charge in [-0.2, -0.15) is 0 Å². The first-order valence-electron chi connectivity index (χ1n) is 7.26. The average Bonchev–Trinajstić information content (AvgIpc) is 2.39. The van der Waals surface area contributed by atoms with E-state index in [0.29, 0.717) is 18.9 Å². The second-order valence-corrected chi connectivity index (χ2v) is 5.04. The molecule has 19 heavy (non-hydrogen) atoms. The number of carbonyl (C=O) groups is 2. The maximum Gasteiger partial charge on any atom is 0.303 e. The minimum absolute atomic E-state index is 0.0958. The van der Waals surface area contributed by atoms with Crippen LogP contribution in [0.25, 0.3) is 0 Å². The molecule has 0 aliphatic rings. The molecule has 1 amide bonds. The van der Waals surface area contributed by atoms with Gasteiger partial charge >= 0.3 is 5.97 Å². The van der Waals surface area contributed by atoms with E-state index in [0.717, 1.165) is 32.1 Å². The highest BCUT2D eigenvalue weighted by atomic mass is 16.4. The summed E-state index contributed by atoms with van der Waals surface area (Å²) in [5, 5.41) is 11.5. The molecule has 0 aliphatic carbocycles. The molecule has 0 aromatic carbocycles. The van der Waals surface area contributed by atoms with Gasteiger partial charge in [0.15, 0.2) is 0 Å². The summed E-state index contributed by atoms with van der Waals surface area (Å²) in [7, 11) is 0. The fraction of sp³-hybridized carbons (Fsp3) is 0.857. The Morgan fingerprint density at radius 3 is 2.42 bits per heavy atom. The van der Waals surface area contributed by atoms with Crippen molar-refractivity contribution in [1.29, 1.82) is 0 Å². The molecule has 0 aliphatic heterocycles. The summed E-state index contributed by atoms with van der Waals surface area (Å²) in [6.07, 6.45) is 5.34. The molecule has 0 aromatic heterocycles. The summed E-state index contributed by atoms with van der Waals surface area (Å²) in [6.45, 7) is 4.69. The molecule has 5 heteroatoms. The molecule has 0 saturated carbocycles. The Balaban J connectivity index is 3.79. The number of aliphatic carboxylic acids is 1. The fourth-order valence-electron chi connectivity index (χ4n) is 1.97. The van der Waals surface area contributed by atoms with Crippen molar-refractivity contribution in [3.63, 3.8) is 0 Å². The minimum atomic E-state index is -0.760. The Morgan fingerprint density at radius 1 is 1.21 bits per heavy atom. The second kappa shape index (κ2) is 10.8. The first-order chi connectivity index (χ1) is 9.01. The molecule has 2 unspecified atom stereocenters. The molecular formula is C14H28N2O3. The first kappa shape index (κ1) is 17.9. The van der Waals surface area contributed by atoms with Crippen molar-refractivity contribution in [1.82, 2.24) is 5.32 Å². The lowest BCUT2D eigenvalue weighted by Gasteiger charge is -2.16. The van der Waals surface area contributed by atoms with E-state index in [-0.39, 0.29) is 12.3 Å². The zero-order valence-electron chi connectivity index (χ0n) is 12.2. The van der Waals surface area contributed by atoms with Crippen LogP contribution in [0.4, 0.5) is 0 Å². The van der Waals surface area contributed by atoms with Crippen LogP contribution >= 0.6 is 0 Å². The Morgan fingerprint density at radius 2 is 1.89 bits per heavy atom. The third-order valence-electron chi connectivity index (χ3n) is 3.40. The van der Waals surface area contributed by atoms with E-state index < -0.39 is 12.0 Å². The molecule has 0 saturated heterocycles. The second-order valence-electron chi connectivity index (χ2n) is 5.04. The standard InChI is InChI=1S/C14H28N2O3/c1-3-5-6-12(15)14(19)16-10-9-11(4-2)7-8-13(17)18/h11-12H,3-10,15H2,1-2H3,(H,16,19)(H,17,18). The highest BCUT2D eigenvalue weighted by Gasteiger charge is 2.13. The molecule has 0 heterocycles. The predicted molar refractivity (Wildman–Crippen MR) is 75.8 cm³/mol. The highest BCUT2D eigenvalue weighted by Crippen LogP contribution is 2.14. The van der Waals surface area contributed by atoms with Gasteiger partial charge in [-0.1, -0.05) is 33.1 Å². The molecule has 0 radical (unpaired) electrons. The van der Waals surface area contributed by atoms with E-state index in [9.17, 15) is 9.59 Å². The zero-order valence-corrected chi connectivity index (χ0v) is 12.2. The van der Waals surface area contributed by atoms with Gasteiger partial charge in [0.1, 0.15) is 0 Å². The van der Waals surface area contributed by atoms with Crippen LogP contribution in [0.1, 0.15) is 58.8 Å². The number of hydrogen-bond acceptors (Lipinski definition) is 3. The van der Waals surface area contributed by atoms with Gasteiger partial charge in [0.25, 0.3) is 0 Å². The van der Waals surface area contributed by atoms with Crippen LogP contribution in [0, 0.1) is 5.92 Å². The van der Waals surface area contributed by atoms with Crippen LogP contribution in [0.15, 0.2) is 0 Å². The van der Waals surface area contributed by atoms with Gasteiger partial charge in [-0.3, -0.25) is 9.59 Å². The first-order valence-corrected chi connectivity index (χ1v) is 7.26. The summed E-state index contributed by atoms with van der Waals surface area (Å²) in [5.41, 5.74) is 5.76. The van der Waals surface area contributed by atoms with Crippen LogP contribution < -0.4 is 11.1 Å². The van der Waals surface area contributed by atoms with Crippen molar-refractivity contribution >= 4 is 11.9 Å². The van der Waals surface area contributed by atoms with Gasteiger partial charge in [-0.25, -0.2) is 0 Å². The molecular weight excluding hydrogens is 244 g/mol. The van der Waals surface area contributed by atoms with Crippen LogP contribution in [-0.2, 0) is 9.59 Å². The molecule has 2 atom stereocenters. The van der Waals surface area contributed by atoms with Gasteiger partial charge in [0.2, 0.25) is 5.91 Å². The van der Waals surface area contributed by atoms with Crippen LogP contribution in [0.5, 0.6) is 0 Å². The normalized spacial score (nSPS) is 13.8. The molecule has 5 nitrogen and oxygen atoms in total. The lowest BCUT2D eigenvalue weighted by molar-refractivity contribution is -0.137. The number of carboxylic acid groups (broad SMARTS) is 1. The van der Waals surface area contributed by atoms with E-state index in [1.165, 1.54) is 0 Å². The number of carboxylic acids is 1. The van der Waals surface area contributed by atoms with Gasteiger partial charge < -0.3 is 16.2 Å². The van der Waals surface area contributed by atoms with E-state index in [1.807, 2.05) is 6.92 Å². The summed E-state index contributed by atoms with van der Waals surface area (Å²) >= 11 is 0. The third-order valence-corrected chi connectivity index (χ3v) is 3.40. The molecule has 0 bridgehead atoms. The number of nitrogens with one attached hydrogen (secondary N) is 1. The van der Waals surface area contributed by atoms with Gasteiger partial charge in [0, 0.05) is 13.0 Å². The number of nitrogens with two attached hydrogens (primary N) is 1. The Labute approximate surface area is 115 Å². The topological polar surface area (TPSA) is 92.4 Å². The van der Waals surface area contributed by atoms with Crippen molar-refractivity contribution in [3.05, 3.63) is 0 Å². The summed E-state index contributed by atoms with van der Waals surface area (Å²) in [4.78, 5) is 22.2. The molecule has 0 fully saturated rings. The monoisotopic (exact) mass is 272 g/mol. The smallest absolute Gasteiger partial charge is 0.303 e.